The first-order chi connectivity index (χ1) is 16.6. The highest BCUT2D eigenvalue weighted by Gasteiger charge is 2.30. The summed E-state index contributed by atoms with van der Waals surface area (Å²) in [6.07, 6.45) is 8.52. The van der Waals surface area contributed by atoms with Crippen LogP contribution >= 0.6 is 0 Å². The largest absolute Gasteiger partial charge is 0.342 e. The van der Waals surface area contributed by atoms with Crippen molar-refractivity contribution >= 4 is 28.0 Å². The van der Waals surface area contributed by atoms with Gasteiger partial charge in [0.15, 0.2) is 0 Å². The minimum Gasteiger partial charge on any atom is -0.342 e. The lowest BCUT2D eigenvalue weighted by Gasteiger charge is -2.40. The molecule has 1 saturated heterocycles. The molecule has 1 fully saturated rings. The summed E-state index contributed by atoms with van der Waals surface area (Å²) in [5.41, 5.74) is 6.48. The van der Waals surface area contributed by atoms with E-state index in [0.29, 0.717) is 5.92 Å². The Morgan fingerprint density at radius 2 is 2.00 bits per heavy atom. The Labute approximate surface area is 201 Å². The molecule has 1 aromatic heterocycles. The number of rotatable bonds is 4. The van der Waals surface area contributed by atoms with Crippen LogP contribution in [0.15, 0.2) is 84.9 Å². The number of aliphatic imine (C=N–C) groups is 1. The third kappa shape index (κ3) is 4.03. The number of fused-ring (bicyclic) bond motifs is 1. The van der Waals surface area contributed by atoms with E-state index >= 15 is 0 Å². The van der Waals surface area contributed by atoms with Gasteiger partial charge >= 0.3 is 0 Å². The van der Waals surface area contributed by atoms with Crippen molar-refractivity contribution in [2.45, 2.75) is 26.2 Å². The van der Waals surface area contributed by atoms with E-state index in [1.54, 1.807) is 12.5 Å². The van der Waals surface area contributed by atoms with Crippen molar-refractivity contribution in [3.63, 3.8) is 0 Å². The van der Waals surface area contributed by atoms with Gasteiger partial charge in [0.25, 0.3) is 0 Å². The van der Waals surface area contributed by atoms with Crippen LogP contribution in [-0.4, -0.2) is 45.9 Å². The van der Waals surface area contributed by atoms with Gasteiger partial charge < -0.3 is 9.80 Å². The third-order valence-corrected chi connectivity index (χ3v) is 7.01. The summed E-state index contributed by atoms with van der Waals surface area (Å²) in [5, 5.41) is 2.58. The van der Waals surface area contributed by atoms with Gasteiger partial charge in [-0.1, -0.05) is 56.5 Å². The van der Waals surface area contributed by atoms with Gasteiger partial charge in [0.1, 0.15) is 6.33 Å². The maximum absolute atomic E-state index is 5.01. The fraction of sp³-hybridized carbons (Fsp3) is 0.276. The molecule has 0 radical (unpaired) electrons. The summed E-state index contributed by atoms with van der Waals surface area (Å²) in [5.74, 6) is 1.29. The van der Waals surface area contributed by atoms with Gasteiger partial charge in [0, 0.05) is 37.9 Å². The molecule has 5 rings (SSSR count). The van der Waals surface area contributed by atoms with Crippen LogP contribution in [0.25, 0.3) is 22.0 Å². The second kappa shape index (κ2) is 9.26. The maximum Gasteiger partial charge on any atom is 0.206 e. The molecule has 2 aromatic carbocycles. The quantitative estimate of drug-likeness (QED) is 0.507. The molecule has 1 unspecified atom stereocenters. The Hall–Kier alpha value is -3.73. The first-order valence-corrected chi connectivity index (χ1v) is 12.0. The summed E-state index contributed by atoms with van der Waals surface area (Å²) in [7, 11) is 2.03. The van der Waals surface area contributed by atoms with Crippen molar-refractivity contribution in [2.75, 3.05) is 20.1 Å². The highest BCUT2D eigenvalue weighted by Crippen LogP contribution is 2.37. The Morgan fingerprint density at radius 3 is 2.79 bits per heavy atom. The summed E-state index contributed by atoms with van der Waals surface area (Å²) in [6.45, 7) is 13.0. The molecular weight excluding hydrogens is 418 g/mol. The summed E-state index contributed by atoms with van der Waals surface area (Å²) in [6, 6.07) is 15.1. The zero-order chi connectivity index (χ0) is 23.7. The molecule has 3 heterocycles. The Morgan fingerprint density at radius 1 is 1.15 bits per heavy atom. The van der Waals surface area contributed by atoms with Crippen molar-refractivity contribution in [3.8, 4) is 0 Å². The lowest BCUT2D eigenvalue weighted by molar-refractivity contribution is 0.275. The molecule has 1 atom stereocenters. The molecule has 172 valence electrons. The zero-order valence-corrected chi connectivity index (χ0v) is 20.0. The molecule has 0 spiro atoms. The second-order valence-corrected chi connectivity index (χ2v) is 9.07. The number of aromatic nitrogens is 2. The summed E-state index contributed by atoms with van der Waals surface area (Å²) < 4.78 is 0. The molecule has 0 aliphatic carbocycles. The number of likely N-dealkylation sites (N-methyl/N-ethyl adjacent to an activating group) is 1. The Balaban J connectivity index is 1.46. The lowest BCUT2D eigenvalue weighted by Crippen LogP contribution is -2.47. The summed E-state index contributed by atoms with van der Waals surface area (Å²) in [4.78, 5) is 17.9. The number of hydrogen-bond donors (Lipinski definition) is 0. The van der Waals surface area contributed by atoms with Crippen LogP contribution in [0, 0.1) is 5.92 Å². The van der Waals surface area contributed by atoms with Gasteiger partial charge in [-0.2, -0.15) is 0 Å². The Bertz CT molecular complexity index is 1300. The molecular formula is C29H31N5. The number of allylic oxidation sites excluding steroid dienone is 1. The van der Waals surface area contributed by atoms with Crippen LogP contribution in [-0.2, 0) is 6.42 Å². The van der Waals surface area contributed by atoms with Crippen molar-refractivity contribution in [1.29, 1.82) is 0 Å². The van der Waals surface area contributed by atoms with Gasteiger partial charge in [-0.15, -0.1) is 0 Å². The highest BCUT2D eigenvalue weighted by atomic mass is 15.4. The molecule has 5 nitrogen and oxygen atoms in total. The van der Waals surface area contributed by atoms with Gasteiger partial charge in [-0.25, -0.2) is 15.0 Å². The summed E-state index contributed by atoms with van der Waals surface area (Å²) >= 11 is 0. The number of piperidine rings is 1. The predicted molar refractivity (Wildman–Crippen MR) is 141 cm³/mol. The third-order valence-electron chi connectivity index (χ3n) is 7.01. The topological polar surface area (TPSA) is 44.6 Å². The van der Waals surface area contributed by atoms with Crippen molar-refractivity contribution in [1.82, 2.24) is 19.8 Å². The van der Waals surface area contributed by atoms with Crippen molar-refractivity contribution in [2.24, 2.45) is 10.9 Å². The second-order valence-electron chi connectivity index (χ2n) is 9.07. The van der Waals surface area contributed by atoms with Gasteiger partial charge in [-0.3, -0.25) is 0 Å². The molecule has 0 N–H and O–H groups in total. The fourth-order valence-electron chi connectivity index (χ4n) is 5.09. The smallest absolute Gasteiger partial charge is 0.206 e. The van der Waals surface area contributed by atoms with E-state index in [1.807, 2.05) is 19.2 Å². The number of guanidine groups is 1. The number of hydrogen-bond acceptors (Lipinski definition) is 5. The standard InChI is InChI=1S/C29H31N5/c1-5-22-12-13-23-9-6-7-11-25(23)28(22)21(3)24-10-8-16-34(18-24)29-32-27(17-20(2)33(29)4)26-14-15-30-19-31-26/h6-7,9,11-15,17,19,24H,2-3,5,8,10,16,18H2,1,4H3. The first kappa shape index (κ1) is 22.1. The number of aryl methyl sites for hydroxylation is 1. The van der Waals surface area contributed by atoms with Gasteiger partial charge in [0.2, 0.25) is 5.96 Å². The molecule has 3 aromatic rings. The SMILES string of the molecule is C=C(c1c(CC)ccc2ccccc12)C1CCCN(C2=NC(c3ccncn3)=CC(=C)N2C)C1. The average Bonchev–Trinajstić information content (AvgIpc) is 2.89. The lowest BCUT2D eigenvalue weighted by atomic mass is 9.82. The van der Waals surface area contributed by atoms with Gasteiger partial charge in [0.05, 0.1) is 11.4 Å². The molecule has 0 amide bonds. The molecule has 0 saturated carbocycles. The number of likely N-dealkylation sites (tertiary alicyclic amines) is 1. The van der Waals surface area contributed by atoms with E-state index in [2.05, 4.69) is 76.2 Å². The predicted octanol–water partition coefficient (Wildman–Crippen LogP) is 5.77. The van der Waals surface area contributed by atoms with Crippen LogP contribution < -0.4 is 0 Å². The molecule has 0 bridgehead atoms. The average molecular weight is 450 g/mol. The van der Waals surface area contributed by atoms with Crippen LogP contribution in [0.2, 0.25) is 0 Å². The zero-order valence-electron chi connectivity index (χ0n) is 20.0. The van der Waals surface area contributed by atoms with Crippen molar-refractivity contribution in [3.05, 3.63) is 96.7 Å². The Kier molecular flexibility index (Phi) is 6.01. The van der Waals surface area contributed by atoms with E-state index < -0.39 is 0 Å². The normalized spacial score (nSPS) is 18.6. The minimum absolute atomic E-state index is 0.364. The number of benzene rings is 2. The van der Waals surface area contributed by atoms with E-state index in [0.717, 1.165) is 55.4 Å². The maximum atomic E-state index is 5.01. The van der Waals surface area contributed by atoms with Crippen LogP contribution in [0.4, 0.5) is 0 Å². The van der Waals surface area contributed by atoms with Crippen LogP contribution in [0.1, 0.15) is 36.6 Å². The van der Waals surface area contributed by atoms with E-state index in [9.17, 15) is 0 Å². The van der Waals surface area contributed by atoms with Gasteiger partial charge in [-0.05, 0) is 58.9 Å². The molecule has 2 aliphatic rings. The fourth-order valence-corrected chi connectivity index (χ4v) is 5.09. The van der Waals surface area contributed by atoms with E-state index in [1.165, 1.54) is 27.5 Å². The van der Waals surface area contributed by atoms with Crippen LogP contribution in [0.5, 0.6) is 0 Å². The van der Waals surface area contributed by atoms with Crippen molar-refractivity contribution < 1.29 is 0 Å². The number of nitrogens with zero attached hydrogens (tertiary/aromatic N) is 5. The van der Waals surface area contributed by atoms with E-state index in [4.69, 9.17) is 4.99 Å². The molecule has 5 heteroatoms. The minimum atomic E-state index is 0.364. The monoisotopic (exact) mass is 449 g/mol. The molecule has 2 aliphatic heterocycles. The highest BCUT2D eigenvalue weighted by molar-refractivity contribution is 5.96. The van der Waals surface area contributed by atoms with E-state index in [-0.39, 0.29) is 0 Å². The van der Waals surface area contributed by atoms with Crippen LogP contribution in [0.3, 0.4) is 0 Å². The molecule has 34 heavy (non-hydrogen) atoms. The first-order valence-electron chi connectivity index (χ1n) is 12.0.